The molecule has 4 heterocycles. The number of urea groups is 1. The van der Waals surface area contributed by atoms with E-state index in [1.165, 1.54) is 35.7 Å². The van der Waals surface area contributed by atoms with E-state index in [0.717, 1.165) is 4.90 Å². The second kappa shape index (κ2) is 7.96. The number of amides is 2. The van der Waals surface area contributed by atoms with Gasteiger partial charge in [0.1, 0.15) is 5.69 Å². The molecule has 1 N–H and O–H groups in total. The Balaban J connectivity index is 1.63. The molecule has 0 bridgehead atoms. The number of aromatic nitrogens is 5. The van der Waals surface area contributed by atoms with Gasteiger partial charge in [-0.3, -0.25) is 9.88 Å². The van der Waals surface area contributed by atoms with Crippen LogP contribution in [-0.2, 0) is 0 Å². The summed E-state index contributed by atoms with van der Waals surface area (Å²) in [5.74, 6) is 0.106. The van der Waals surface area contributed by atoms with Crippen LogP contribution in [0.1, 0.15) is 5.69 Å². The Bertz CT molecular complexity index is 1140. The van der Waals surface area contributed by atoms with Crippen LogP contribution >= 0.6 is 27.5 Å². The van der Waals surface area contributed by atoms with E-state index in [9.17, 15) is 18.0 Å². The number of nitrogens with zero attached hydrogens (tertiary/aromatic N) is 6. The SMILES string of the molecule is Cc1ncc2c(c1Br)OC(C(F)(F)F)CN2C(=O)Nc1cnc(-n2nccn2)c(Cl)c1. The van der Waals surface area contributed by atoms with Crippen molar-refractivity contribution < 1.29 is 22.7 Å². The molecule has 14 heteroatoms. The molecule has 1 aliphatic heterocycles. The minimum Gasteiger partial charge on any atom is -0.476 e. The summed E-state index contributed by atoms with van der Waals surface area (Å²) in [6.45, 7) is 0.842. The van der Waals surface area contributed by atoms with E-state index >= 15 is 0 Å². The maximum absolute atomic E-state index is 13.4. The number of nitrogens with one attached hydrogen (secondary N) is 1. The first-order valence-electron chi connectivity index (χ1n) is 8.64. The van der Waals surface area contributed by atoms with Gasteiger partial charge in [-0.15, -0.1) is 4.80 Å². The number of pyridine rings is 2. The number of hydrogen-bond acceptors (Lipinski definition) is 6. The topological polar surface area (TPSA) is 98.1 Å². The molecular weight excluding hydrogens is 507 g/mol. The first-order valence-corrected chi connectivity index (χ1v) is 9.81. The van der Waals surface area contributed by atoms with Gasteiger partial charge in [-0.05, 0) is 28.9 Å². The van der Waals surface area contributed by atoms with Crippen LogP contribution in [0.15, 0.2) is 35.3 Å². The Morgan fingerprint density at radius 3 is 2.65 bits per heavy atom. The summed E-state index contributed by atoms with van der Waals surface area (Å²) in [4.78, 5) is 23.2. The Kier molecular flexibility index (Phi) is 5.47. The first kappa shape index (κ1) is 21.3. The lowest BCUT2D eigenvalue weighted by Crippen LogP contribution is -2.51. The molecule has 3 aromatic heterocycles. The Labute approximate surface area is 186 Å². The van der Waals surface area contributed by atoms with Gasteiger partial charge in [0.15, 0.2) is 11.6 Å². The van der Waals surface area contributed by atoms with Gasteiger partial charge in [0, 0.05) is 0 Å². The molecule has 1 unspecified atom stereocenters. The van der Waals surface area contributed by atoms with Crippen LogP contribution in [0.2, 0.25) is 5.02 Å². The number of anilines is 2. The predicted molar refractivity (Wildman–Crippen MR) is 108 cm³/mol. The molecule has 0 aliphatic carbocycles. The lowest BCUT2D eigenvalue weighted by Gasteiger charge is -2.35. The van der Waals surface area contributed by atoms with Gasteiger partial charge < -0.3 is 10.1 Å². The van der Waals surface area contributed by atoms with Crippen LogP contribution in [-0.4, -0.2) is 49.8 Å². The summed E-state index contributed by atoms with van der Waals surface area (Å²) in [6.07, 6.45) is -1.45. The van der Waals surface area contributed by atoms with Gasteiger partial charge in [0.25, 0.3) is 0 Å². The van der Waals surface area contributed by atoms with E-state index in [2.05, 4.69) is 41.4 Å². The molecule has 31 heavy (non-hydrogen) atoms. The number of carbonyl (C=O) groups excluding carboxylic acids is 1. The molecule has 1 atom stereocenters. The summed E-state index contributed by atoms with van der Waals surface area (Å²) >= 11 is 9.36. The van der Waals surface area contributed by atoms with Gasteiger partial charge in [0.05, 0.1) is 52.2 Å². The van der Waals surface area contributed by atoms with Gasteiger partial charge in [-0.2, -0.15) is 23.4 Å². The summed E-state index contributed by atoms with van der Waals surface area (Å²) in [5, 5.41) is 10.5. The molecule has 0 radical (unpaired) electrons. The fraction of sp³-hybridized carbons (Fsp3) is 0.235. The molecule has 9 nitrogen and oxygen atoms in total. The maximum atomic E-state index is 13.4. The van der Waals surface area contributed by atoms with Gasteiger partial charge in [-0.1, -0.05) is 11.6 Å². The van der Waals surface area contributed by atoms with Crippen molar-refractivity contribution in [3.05, 3.63) is 46.0 Å². The van der Waals surface area contributed by atoms with Crippen LogP contribution in [0.5, 0.6) is 5.75 Å². The van der Waals surface area contributed by atoms with Crippen LogP contribution < -0.4 is 15.0 Å². The van der Waals surface area contributed by atoms with E-state index in [1.807, 2.05) is 0 Å². The van der Waals surface area contributed by atoms with Crippen molar-refractivity contribution in [1.82, 2.24) is 25.0 Å². The van der Waals surface area contributed by atoms with Gasteiger partial charge >= 0.3 is 12.2 Å². The zero-order chi connectivity index (χ0) is 22.3. The molecule has 3 aromatic rings. The van der Waals surface area contributed by atoms with Crippen LogP contribution in [0, 0.1) is 6.92 Å². The van der Waals surface area contributed by atoms with Crippen molar-refractivity contribution >= 4 is 44.9 Å². The molecule has 2 amide bonds. The predicted octanol–water partition coefficient (Wildman–Crippen LogP) is 4.14. The molecule has 0 saturated carbocycles. The Morgan fingerprint density at radius 2 is 2.00 bits per heavy atom. The second-order valence-electron chi connectivity index (χ2n) is 6.41. The molecular formula is C17H12BrClF3N7O2. The normalized spacial score (nSPS) is 15.9. The minimum atomic E-state index is -4.68. The smallest absolute Gasteiger partial charge is 0.427 e. The molecule has 1 aliphatic rings. The number of fused-ring (bicyclic) bond motifs is 1. The average Bonchev–Trinajstić information content (AvgIpc) is 3.24. The fourth-order valence-electron chi connectivity index (χ4n) is 2.82. The van der Waals surface area contributed by atoms with E-state index in [4.69, 9.17) is 16.3 Å². The molecule has 162 valence electrons. The highest BCUT2D eigenvalue weighted by Gasteiger charge is 2.47. The van der Waals surface area contributed by atoms with E-state index in [-0.39, 0.29) is 32.4 Å². The van der Waals surface area contributed by atoms with Crippen LogP contribution in [0.25, 0.3) is 5.82 Å². The number of aryl methyl sites for hydroxylation is 1. The highest BCUT2D eigenvalue weighted by molar-refractivity contribution is 9.10. The number of hydrogen-bond donors (Lipinski definition) is 1. The van der Waals surface area contributed by atoms with Crippen LogP contribution in [0.3, 0.4) is 0 Å². The zero-order valence-electron chi connectivity index (χ0n) is 15.6. The molecule has 0 spiro atoms. The number of halogens is 5. The Hall–Kier alpha value is -2.93. The summed E-state index contributed by atoms with van der Waals surface area (Å²) in [7, 11) is 0. The van der Waals surface area contributed by atoms with Crippen molar-refractivity contribution in [2.45, 2.75) is 19.2 Å². The lowest BCUT2D eigenvalue weighted by molar-refractivity contribution is -0.193. The summed E-state index contributed by atoms with van der Waals surface area (Å²) in [6, 6.07) is 0.552. The number of rotatable bonds is 2. The average molecular weight is 519 g/mol. The van der Waals surface area contributed by atoms with Crippen LogP contribution in [0.4, 0.5) is 29.3 Å². The zero-order valence-corrected chi connectivity index (χ0v) is 17.9. The largest absolute Gasteiger partial charge is 0.476 e. The number of carbonyl (C=O) groups is 1. The minimum absolute atomic E-state index is 0.0897. The molecule has 4 rings (SSSR count). The maximum Gasteiger partial charge on any atom is 0.427 e. The lowest BCUT2D eigenvalue weighted by atomic mass is 10.2. The highest BCUT2D eigenvalue weighted by Crippen LogP contribution is 2.43. The van der Waals surface area contributed by atoms with E-state index in [1.54, 1.807) is 6.92 Å². The van der Waals surface area contributed by atoms with E-state index in [0.29, 0.717) is 5.69 Å². The van der Waals surface area contributed by atoms with Gasteiger partial charge in [-0.25, -0.2) is 9.78 Å². The standard InChI is InChI=1S/C17H12BrClF3N7O2/c1-8-13(18)14-11(6-23-8)28(7-12(31-14)17(20,21)22)16(30)27-9-4-10(19)15(24-5-9)29-25-2-3-26-29/h2-6,12H,7H2,1H3,(H,27,30). The van der Waals surface area contributed by atoms with Crippen molar-refractivity contribution in [2.24, 2.45) is 0 Å². The van der Waals surface area contributed by atoms with E-state index < -0.39 is 24.9 Å². The molecule has 0 saturated heterocycles. The van der Waals surface area contributed by atoms with Gasteiger partial charge in [0.2, 0.25) is 6.10 Å². The third-order valence-corrected chi connectivity index (χ3v) is 5.53. The van der Waals surface area contributed by atoms with Crippen molar-refractivity contribution in [1.29, 1.82) is 0 Å². The summed E-state index contributed by atoms with van der Waals surface area (Å²) in [5.41, 5.74) is 0.675. The number of ether oxygens (including phenoxy) is 1. The van der Waals surface area contributed by atoms with Crippen molar-refractivity contribution in [3.63, 3.8) is 0 Å². The van der Waals surface area contributed by atoms with Crippen molar-refractivity contribution in [3.8, 4) is 11.6 Å². The molecule has 0 aromatic carbocycles. The fourth-order valence-corrected chi connectivity index (χ4v) is 3.46. The second-order valence-corrected chi connectivity index (χ2v) is 7.61. The monoisotopic (exact) mass is 517 g/mol. The molecule has 0 fully saturated rings. The summed E-state index contributed by atoms with van der Waals surface area (Å²) < 4.78 is 45.6. The third-order valence-electron chi connectivity index (χ3n) is 4.32. The Morgan fingerprint density at radius 1 is 1.29 bits per heavy atom. The number of alkyl halides is 3. The third kappa shape index (κ3) is 4.14. The highest BCUT2D eigenvalue weighted by atomic mass is 79.9. The van der Waals surface area contributed by atoms with Crippen molar-refractivity contribution in [2.75, 3.05) is 16.8 Å². The quantitative estimate of drug-likeness (QED) is 0.548. The first-order chi connectivity index (χ1) is 14.6.